The molecule has 0 spiro atoms. The molecule has 0 amide bonds. The zero-order chi connectivity index (χ0) is 22.8. The summed E-state index contributed by atoms with van der Waals surface area (Å²) in [5.41, 5.74) is 5.45. The van der Waals surface area contributed by atoms with Crippen LogP contribution in [0, 0.1) is 0 Å². The van der Waals surface area contributed by atoms with Crippen molar-refractivity contribution in [3.05, 3.63) is 71.0 Å². The van der Waals surface area contributed by atoms with Crippen LogP contribution in [0.25, 0.3) is 11.4 Å². The summed E-state index contributed by atoms with van der Waals surface area (Å²) in [6, 6.07) is 13.8. The van der Waals surface area contributed by atoms with Crippen LogP contribution in [0.15, 0.2) is 48.7 Å². The van der Waals surface area contributed by atoms with Crippen molar-refractivity contribution >= 4 is 5.78 Å². The maximum atomic E-state index is 12.8. The number of ketones is 1. The highest BCUT2D eigenvalue weighted by Crippen LogP contribution is 2.26. The van der Waals surface area contributed by atoms with Crippen LogP contribution < -0.4 is 10.1 Å². The minimum atomic E-state index is -0.570. The summed E-state index contributed by atoms with van der Waals surface area (Å²) >= 11 is 0. The highest BCUT2D eigenvalue weighted by Gasteiger charge is 2.25. The molecule has 0 bridgehead atoms. The average molecular weight is 446 g/mol. The van der Waals surface area contributed by atoms with Crippen molar-refractivity contribution in [2.45, 2.75) is 63.8 Å². The predicted molar refractivity (Wildman–Crippen MR) is 127 cm³/mol. The molecule has 172 valence electrons. The first kappa shape index (κ1) is 21.9. The molecule has 6 nitrogen and oxygen atoms in total. The monoisotopic (exact) mass is 445 g/mol. The molecule has 0 saturated heterocycles. The molecule has 3 aromatic rings. The minimum Gasteiger partial charge on any atom is -0.497 e. The van der Waals surface area contributed by atoms with Gasteiger partial charge in [-0.2, -0.15) is 0 Å². The molecule has 2 aromatic carbocycles. The number of benzene rings is 2. The first-order valence-corrected chi connectivity index (χ1v) is 11.9. The van der Waals surface area contributed by atoms with Crippen molar-refractivity contribution in [1.29, 1.82) is 0 Å². The van der Waals surface area contributed by atoms with Gasteiger partial charge in [0.1, 0.15) is 11.6 Å². The Morgan fingerprint density at radius 2 is 2.06 bits per heavy atom. The van der Waals surface area contributed by atoms with Crippen molar-refractivity contribution in [1.82, 2.24) is 14.9 Å². The van der Waals surface area contributed by atoms with E-state index in [2.05, 4.69) is 20.9 Å². The van der Waals surface area contributed by atoms with E-state index in [0.717, 1.165) is 36.5 Å². The van der Waals surface area contributed by atoms with Gasteiger partial charge in [-0.25, -0.2) is 4.98 Å². The summed E-state index contributed by atoms with van der Waals surface area (Å²) in [6.07, 6.45) is 6.42. The molecule has 5 rings (SSSR count). The van der Waals surface area contributed by atoms with Gasteiger partial charge in [0.25, 0.3) is 0 Å². The zero-order valence-electron chi connectivity index (χ0n) is 19.1. The first-order chi connectivity index (χ1) is 16.1. The number of carbonyl (C=O) groups is 1. The SMILES string of the molecule is COc1ccc2c(c1)CN[C@H]([C@H](O)CCC(=O)c1ccc(-c3ncc4n3CCCC4)cc1)C2. The number of aliphatic hydroxyl groups excluding tert-OH is 1. The van der Waals surface area contributed by atoms with Crippen molar-refractivity contribution in [2.75, 3.05) is 7.11 Å². The number of hydrogen-bond acceptors (Lipinski definition) is 5. The van der Waals surface area contributed by atoms with Gasteiger partial charge in [-0.3, -0.25) is 4.79 Å². The summed E-state index contributed by atoms with van der Waals surface area (Å²) in [5.74, 6) is 1.89. The smallest absolute Gasteiger partial charge is 0.162 e. The van der Waals surface area contributed by atoms with Crippen LogP contribution in [0.5, 0.6) is 5.75 Å². The van der Waals surface area contributed by atoms with E-state index in [-0.39, 0.29) is 11.8 Å². The third kappa shape index (κ3) is 4.59. The number of fused-ring (bicyclic) bond motifs is 2. The summed E-state index contributed by atoms with van der Waals surface area (Å²) in [6.45, 7) is 1.71. The maximum absolute atomic E-state index is 12.8. The van der Waals surface area contributed by atoms with Gasteiger partial charge in [0.15, 0.2) is 5.78 Å². The lowest BCUT2D eigenvalue weighted by atomic mass is 9.90. The van der Waals surface area contributed by atoms with Gasteiger partial charge in [0.05, 0.1) is 13.2 Å². The van der Waals surface area contributed by atoms with E-state index in [1.165, 1.54) is 29.7 Å². The maximum Gasteiger partial charge on any atom is 0.162 e. The highest BCUT2D eigenvalue weighted by molar-refractivity contribution is 5.96. The summed E-state index contributed by atoms with van der Waals surface area (Å²) in [4.78, 5) is 17.4. The van der Waals surface area contributed by atoms with Crippen LogP contribution in [-0.2, 0) is 25.9 Å². The third-order valence-corrected chi connectivity index (χ3v) is 7.01. The zero-order valence-corrected chi connectivity index (χ0v) is 19.1. The fourth-order valence-electron chi connectivity index (χ4n) is 5.01. The lowest BCUT2D eigenvalue weighted by Crippen LogP contribution is -2.44. The molecule has 0 aliphatic carbocycles. The normalized spacial score (nSPS) is 18.3. The Kier molecular flexibility index (Phi) is 6.29. The van der Waals surface area contributed by atoms with Crippen LogP contribution in [0.1, 0.15) is 52.9 Å². The minimum absolute atomic E-state index is 0.0484. The molecular weight excluding hydrogens is 414 g/mol. The second-order valence-corrected chi connectivity index (χ2v) is 9.11. The Morgan fingerprint density at radius 1 is 1.21 bits per heavy atom. The quantitative estimate of drug-likeness (QED) is 0.539. The molecule has 3 heterocycles. The topological polar surface area (TPSA) is 76.4 Å². The third-order valence-electron chi connectivity index (χ3n) is 7.01. The molecule has 2 aliphatic rings. The molecule has 0 fully saturated rings. The molecule has 2 atom stereocenters. The molecule has 6 heteroatoms. The largest absolute Gasteiger partial charge is 0.497 e. The predicted octanol–water partition coefficient (Wildman–Crippen LogP) is 3.93. The second kappa shape index (κ2) is 9.49. The van der Waals surface area contributed by atoms with Gasteiger partial charge in [-0.05, 0) is 55.4 Å². The first-order valence-electron chi connectivity index (χ1n) is 11.9. The number of methoxy groups -OCH3 is 1. The van der Waals surface area contributed by atoms with E-state index in [1.54, 1.807) is 7.11 Å². The van der Waals surface area contributed by atoms with E-state index >= 15 is 0 Å². The number of hydrogen-bond donors (Lipinski definition) is 2. The Morgan fingerprint density at radius 3 is 2.88 bits per heavy atom. The number of aryl methyl sites for hydroxylation is 1. The van der Waals surface area contributed by atoms with Crippen molar-refractivity contribution < 1.29 is 14.6 Å². The number of aliphatic hydroxyl groups is 1. The Hall–Kier alpha value is -2.96. The summed E-state index contributed by atoms with van der Waals surface area (Å²) in [5, 5.41) is 14.1. The highest BCUT2D eigenvalue weighted by atomic mass is 16.5. The van der Waals surface area contributed by atoms with E-state index in [0.29, 0.717) is 24.9 Å². The lowest BCUT2D eigenvalue weighted by molar-refractivity contribution is 0.0877. The molecule has 0 unspecified atom stereocenters. The van der Waals surface area contributed by atoms with E-state index in [9.17, 15) is 9.90 Å². The second-order valence-electron chi connectivity index (χ2n) is 9.11. The van der Waals surface area contributed by atoms with Gasteiger partial charge in [-0.1, -0.05) is 30.3 Å². The molecule has 1 aromatic heterocycles. The van der Waals surface area contributed by atoms with Gasteiger partial charge >= 0.3 is 0 Å². The fraction of sp³-hybridized carbons (Fsp3) is 0.407. The number of nitrogens with one attached hydrogen (secondary N) is 1. The number of rotatable bonds is 7. The number of nitrogens with zero attached hydrogens (tertiary/aromatic N) is 2. The lowest BCUT2D eigenvalue weighted by Gasteiger charge is -2.30. The Labute approximate surface area is 194 Å². The van der Waals surface area contributed by atoms with Crippen LogP contribution in [-0.4, -0.2) is 39.7 Å². The molecule has 0 radical (unpaired) electrons. The van der Waals surface area contributed by atoms with Crippen LogP contribution in [0.2, 0.25) is 0 Å². The summed E-state index contributed by atoms with van der Waals surface area (Å²) < 4.78 is 7.59. The average Bonchev–Trinajstić information content (AvgIpc) is 3.30. The summed E-state index contributed by atoms with van der Waals surface area (Å²) in [7, 11) is 1.67. The number of Topliss-reactive ketones (excluding diaryl/α,β-unsaturated/α-hetero) is 1. The van der Waals surface area contributed by atoms with E-state index in [1.807, 2.05) is 42.6 Å². The van der Waals surface area contributed by atoms with Gasteiger partial charge in [0, 0.05) is 48.6 Å². The van der Waals surface area contributed by atoms with Crippen LogP contribution >= 0.6 is 0 Å². The number of ether oxygens (including phenoxy) is 1. The van der Waals surface area contributed by atoms with Crippen LogP contribution in [0.4, 0.5) is 0 Å². The van der Waals surface area contributed by atoms with Crippen molar-refractivity contribution in [3.8, 4) is 17.1 Å². The van der Waals surface area contributed by atoms with Crippen molar-refractivity contribution in [3.63, 3.8) is 0 Å². The molecule has 33 heavy (non-hydrogen) atoms. The van der Waals surface area contributed by atoms with E-state index < -0.39 is 6.10 Å². The van der Waals surface area contributed by atoms with Gasteiger partial charge in [-0.15, -0.1) is 0 Å². The number of carbonyl (C=O) groups excluding carboxylic acids is 1. The Bertz CT molecular complexity index is 1140. The standard InChI is InChI=1S/C27H31N3O3/c1-33-23-10-9-20-15-24(28-16-21(20)14-23)26(32)12-11-25(31)18-5-7-19(8-6-18)27-29-17-22-4-2-3-13-30(22)27/h5-10,14,17,24,26,28,32H,2-4,11-13,15-16H2,1H3/t24-,26+/m0/s1. The Balaban J connectivity index is 1.17. The number of aromatic nitrogens is 2. The molecule has 2 N–H and O–H groups in total. The van der Waals surface area contributed by atoms with Gasteiger partial charge < -0.3 is 19.7 Å². The molecule has 2 aliphatic heterocycles. The van der Waals surface area contributed by atoms with Crippen LogP contribution in [0.3, 0.4) is 0 Å². The van der Waals surface area contributed by atoms with Gasteiger partial charge in [0.2, 0.25) is 0 Å². The molecular formula is C27H31N3O3. The van der Waals surface area contributed by atoms with E-state index in [4.69, 9.17) is 4.74 Å². The molecule has 0 saturated carbocycles. The fourth-order valence-corrected chi connectivity index (χ4v) is 5.01. The van der Waals surface area contributed by atoms with Crippen molar-refractivity contribution in [2.24, 2.45) is 0 Å². The number of imidazole rings is 1.